The molecule has 0 bridgehead atoms. The maximum absolute atomic E-state index is 11.6. The molecule has 0 aromatic carbocycles. The summed E-state index contributed by atoms with van der Waals surface area (Å²) in [5, 5.41) is 5.66. The first-order valence-electron chi connectivity index (χ1n) is 7.85. The van der Waals surface area contributed by atoms with Crippen LogP contribution in [0, 0.1) is 0 Å². The van der Waals surface area contributed by atoms with Gasteiger partial charge in [-0.05, 0) is 31.9 Å². The Labute approximate surface area is 134 Å². The number of nitrogens with one attached hydrogen (secondary N) is 2. The fourth-order valence-corrected chi connectivity index (χ4v) is 2.50. The average molecular weight is 322 g/mol. The van der Waals surface area contributed by atoms with Crippen molar-refractivity contribution in [3.05, 3.63) is 24.2 Å². The molecule has 7 heteroatoms. The molecule has 126 valence electrons. The monoisotopic (exact) mass is 322 g/mol. The Morgan fingerprint density at radius 3 is 2.74 bits per heavy atom. The lowest BCUT2D eigenvalue weighted by Crippen LogP contribution is -2.30. The highest BCUT2D eigenvalue weighted by Gasteiger charge is 2.26. The van der Waals surface area contributed by atoms with Gasteiger partial charge in [-0.25, -0.2) is 4.79 Å². The third kappa shape index (κ3) is 5.43. The molecule has 2 atom stereocenters. The van der Waals surface area contributed by atoms with Crippen molar-refractivity contribution in [2.75, 3.05) is 6.61 Å². The van der Waals surface area contributed by atoms with Gasteiger partial charge < -0.3 is 19.8 Å². The summed E-state index contributed by atoms with van der Waals surface area (Å²) in [6.45, 7) is 1.68. The fourth-order valence-electron chi connectivity index (χ4n) is 2.50. The zero-order chi connectivity index (χ0) is 16.7. The molecule has 0 spiro atoms. The molecule has 0 aliphatic carbocycles. The third-order valence-electron chi connectivity index (χ3n) is 3.84. The van der Waals surface area contributed by atoms with Crippen molar-refractivity contribution in [2.24, 2.45) is 0 Å². The average Bonchev–Trinajstić information content (AvgIpc) is 3.14. The van der Waals surface area contributed by atoms with Gasteiger partial charge in [-0.15, -0.1) is 0 Å². The molecule has 0 saturated carbocycles. The Morgan fingerprint density at radius 1 is 1.26 bits per heavy atom. The highest BCUT2D eigenvalue weighted by Crippen LogP contribution is 2.12. The van der Waals surface area contributed by atoms with Crippen LogP contribution in [0.5, 0.6) is 0 Å². The van der Waals surface area contributed by atoms with E-state index in [2.05, 4.69) is 10.6 Å². The lowest BCUT2D eigenvalue weighted by atomic mass is 10.0. The fraction of sp³-hybridized carbons (Fsp3) is 0.562. The number of ether oxygens (including phenoxy) is 1. The molecular formula is C16H22N2O5. The minimum Gasteiger partial charge on any atom is -0.461 e. The van der Waals surface area contributed by atoms with E-state index in [1.165, 1.54) is 12.3 Å². The summed E-state index contributed by atoms with van der Waals surface area (Å²) in [5.41, 5.74) is 0. The predicted molar refractivity (Wildman–Crippen MR) is 82.0 cm³/mol. The van der Waals surface area contributed by atoms with Crippen LogP contribution in [-0.2, 0) is 9.53 Å². The molecule has 2 unspecified atom stereocenters. The quantitative estimate of drug-likeness (QED) is 0.412. The van der Waals surface area contributed by atoms with Gasteiger partial charge in [0.05, 0.1) is 12.3 Å². The first-order chi connectivity index (χ1) is 11.1. The summed E-state index contributed by atoms with van der Waals surface area (Å²) < 4.78 is 9.85. The molecule has 2 amide bonds. The van der Waals surface area contributed by atoms with Gasteiger partial charge in [-0.1, -0.05) is 12.8 Å². The molecule has 2 heterocycles. The molecule has 1 aliphatic heterocycles. The molecule has 1 fully saturated rings. The minimum absolute atomic E-state index is 0.118. The topological polar surface area (TPSA) is 97.6 Å². The molecule has 1 saturated heterocycles. The number of hydrogen-bond acceptors (Lipinski definition) is 5. The van der Waals surface area contributed by atoms with Gasteiger partial charge in [0.2, 0.25) is 5.78 Å². The van der Waals surface area contributed by atoms with Crippen molar-refractivity contribution in [2.45, 2.75) is 51.1 Å². The second kappa shape index (κ2) is 8.36. The lowest BCUT2D eigenvalue weighted by molar-refractivity contribution is -0.142. The Kier molecular flexibility index (Phi) is 6.19. The van der Waals surface area contributed by atoms with Gasteiger partial charge >= 0.3 is 12.0 Å². The number of furan rings is 1. The number of unbranched alkanes of at least 4 members (excludes halogenated alkanes) is 2. The number of Topliss-reactive ketones (excluding diaryl/α,β-unsaturated/α-hetero) is 1. The van der Waals surface area contributed by atoms with E-state index in [4.69, 9.17) is 9.15 Å². The number of carbonyl (C=O) groups is 3. The number of amides is 2. The Hall–Kier alpha value is -2.31. The number of hydrogen-bond donors (Lipinski definition) is 2. The highest BCUT2D eigenvalue weighted by atomic mass is 16.5. The molecular weight excluding hydrogens is 300 g/mol. The summed E-state index contributed by atoms with van der Waals surface area (Å²) in [5.74, 6) is -0.532. The van der Waals surface area contributed by atoms with E-state index < -0.39 is 0 Å². The van der Waals surface area contributed by atoms with Crippen LogP contribution >= 0.6 is 0 Å². The second-order valence-corrected chi connectivity index (χ2v) is 5.67. The van der Waals surface area contributed by atoms with Gasteiger partial charge in [-0.2, -0.15) is 0 Å². The van der Waals surface area contributed by atoms with Crippen molar-refractivity contribution in [3.8, 4) is 0 Å². The summed E-state index contributed by atoms with van der Waals surface area (Å²) in [7, 11) is 0. The molecule has 1 aromatic rings. The summed E-state index contributed by atoms with van der Waals surface area (Å²) in [4.78, 5) is 34.3. The second-order valence-electron chi connectivity index (χ2n) is 5.67. The Balaban J connectivity index is 1.51. The van der Waals surface area contributed by atoms with Crippen LogP contribution in [0.3, 0.4) is 0 Å². The minimum atomic E-state index is -0.380. The number of esters is 1. The van der Waals surface area contributed by atoms with Crippen LogP contribution in [0.2, 0.25) is 0 Å². The third-order valence-corrected chi connectivity index (χ3v) is 3.84. The van der Waals surface area contributed by atoms with Crippen molar-refractivity contribution >= 4 is 17.8 Å². The van der Waals surface area contributed by atoms with Crippen molar-refractivity contribution < 1.29 is 23.5 Å². The molecule has 23 heavy (non-hydrogen) atoms. The van der Waals surface area contributed by atoms with Crippen LogP contribution in [0.15, 0.2) is 22.8 Å². The van der Waals surface area contributed by atoms with E-state index in [9.17, 15) is 14.4 Å². The highest BCUT2D eigenvalue weighted by molar-refractivity contribution is 5.95. The molecule has 0 radical (unpaired) electrons. The zero-order valence-electron chi connectivity index (χ0n) is 13.2. The van der Waals surface area contributed by atoms with Crippen molar-refractivity contribution in [3.63, 3.8) is 0 Å². The number of rotatable bonds is 9. The number of urea groups is 1. The summed E-state index contributed by atoms with van der Waals surface area (Å²) in [6.07, 6.45) is 5.08. The summed E-state index contributed by atoms with van der Waals surface area (Å²) >= 11 is 0. The van der Waals surface area contributed by atoms with E-state index in [0.717, 1.165) is 19.3 Å². The van der Waals surface area contributed by atoms with Crippen LogP contribution in [0.4, 0.5) is 4.79 Å². The number of ketones is 1. The van der Waals surface area contributed by atoms with E-state index in [0.29, 0.717) is 6.42 Å². The first-order valence-corrected chi connectivity index (χ1v) is 7.85. The zero-order valence-corrected chi connectivity index (χ0v) is 13.2. The van der Waals surface area contributed by atoms with Gasteiger partial charge in [0.25, 0.3) is 0 Å². The van der Waals surface area contributed by atoms with Crippen molar-refractivity contribution in [1.82, 2.24) is 10.6 Å². The van der Waals surface area contributed by atoms with Gasteiger partial charge in [0.15, 0.2) is 12.4 Å². The SMILES string of the molecule is CC1NC(=O)NC1CCCCCC(=O)OCC(=O)c1ccco1. The van der Waals surface area contributed by atoms with Gasteiger partial charge in [-0.3, -0.25) is 9.59 Å². The smallest absolute Gasteiger partial charge is 0.315 e. The van der Waals surface area contributed by atoms with E-state index in [-0.39, 0.29) is 48.7 Å². The van der Waals surface area contributed by atoms with Crippen molar-refractivity contribution in [1.29, 1.82) is 0 Å². The van der Waals surface area contributed by atoms with E-state index >= 15 is 0 Å². The van der Waals surface area contributed by atoms with Gasteiger partial charge in [0.1, 0.15) is 0 Å². The molecule has 7 nitrogen and oxygen atoms in total. The standard InChI is InChI=1S/C16H22N2O5/c1-11-12(18-16(21)17-11)6-3-2-4-8-15(20)23-10-13(19)14-7-5-9-22-14/h5,7,9,11-12H,2-4,6,8,10H2,1H3,(H2,17,18,21). The lowest BCUT2D eigenvalue weighted by Gasteiger charge is -2.13. The Morgan fingerprint density at radius 2 is 2.09 bits per heavy atom. The van der Waals surface area contributed by atoms with Crippen LogP contribution in [0.1, 0.15) is 49.6 Å². The molecule has 1 aliphatic rings. The van der Waals surface area contributed by atoms with E-state index in [1.807, 2.05) is 6.92 Å². The van der Waals surface area contributed by atoms with Crippen LogP contribution in [0.25, 0.3) is 0 Å². The van der Waals surface area contributed by atoms with Crippen LogP contribution in [-0.4, -0.2) is 36.5 Å². The van der Waals surface area contributed by atoms with Gasteiger partial charge in [0, 0.05) is 12.5 Å². The van der Waals surface area contributed by atoms with Crippen LogP contribution < -0.4 is 10.6 Å². The maximum Gasteiger partial charge on any atom is 0.315 e. The summed E-state index contributed by atoms with van der Waals surface area (Å²) in [6, 6.07) is 3.32. The molecule has 2 rings (SSSR count). The molecule has 2 N–H and O–H groups in total. The predicted octanol–water partition coefficient (Wildman–Crippen LogP) is 2.03. The normalized spacial score (nSPS) is 20.0. The largest absolute Gasteiger partial charge is 0.461 e. The first kappa shape index (κ1) is 17.1. The Bertz CT molecular complexity index is 541. The maximum atomic E-state index is 11.6. The number of carbonyl (C=O) groups excluding carboxylic acids is 3. The van der Waals surface area contributed by atoms with E-state index in [1.54, 1.807) is 6.07 Å². The molecule has 1 aromatic heterocycles.